The maximum absolute atomic E-state index is 6.05. The fourth-order valence-electron chi connectivity index (χ4n) is 2.61. The van der Waals surface area contributed by atoms with E-state index in [9.17, 15) is 0 Å². The summed E-state index contributed by atoms with van der Waals surface area (Å²) in [6.07, 6.45) is 4.59. The van der Waals surface area contributed by atoms with Gasteiger partial charge in [-0.3, -0.25) is 4.98 Å². The predicted octanol–water partition coefficient (Wildman–Crippen LogP) is 1.54. The topological polar surface area (TPSA) is 66.0 Å². The molecule has 5 heteroatoms. The van der Waals surface area contributed by atoms with Gasteiger partial charge in [0.25, 0.3) is 0 Å². The summed E-state index contributed by atoms with van der Waals surface area (Å²) in [4.78, 5) is 8.43. The van der Waals surface area contributed by atoms with E-state index in [1.165, 1.54) is 0 Å². The van der Waals surface area contributed by atoms with Gasteiger partial charge >= 0.3 is 0 Å². The molecule has 17 heavy (non-hydrogen) atoms. The van der Waals surface area contributed by atoms with Crippen molar-refractivity contribution < 1.29 is 4.74 Å². The van der Waals surface area contributed by atoms with E-state index in [0.717, 1.165) is 24.1 Å². The summed E-state index contributed by atoms with van der Waals surface area (Å²) in [7, 11) is 0. The van der Waals surface area contributed by atoms with Crippen molar-refractivity contribution in [2.24, 2.45) is 0 Å². The molecule has 2 aromatic heterocycles. The first kappa shape index (κ1) is 10.5. The van der Waals surface area contributed by atoms with Crippen LogP contribution in [0.2, 0.25) is 0 Å². The fourth-order valence-corrected chi connectivity index (χ4v) is 2.61. The Kier molecular flexibility index (Phi) is 2.13. The summed E-state index contributed by atoms with van der Waals surface area (Å²) in [5.74, 6) is 0.535. The minimum absolute atomic E-state index is 0.125. The highest BCUT2D eigenvalue weighted by Gasteiger charge is 2.40. The van der Waals surface area contributed by atoms with Crippen LogP contribution in [0.3, 0.4) is 0 Å². The molecule has 2 unspecified atom stereocenters. The second-order valence-electron chi connectivity index (χ2n) is 4.79. The molecule has 2 aromatic rings. The number of anilines is 1. The number of pyridine rings is 1. The lowest BCUT2D eigenvalue weighted by Gasteiger charge is -2.30. The molecule has 3 rings (SSSR count). The zero-order chi connectivity index (χ0) is 12.0. The smallest absolute Gasteiger partial charge is 0.201 e. The van der Waals surface area contributed by atoms with Crippen molar-refractivity contribution in [2.75, 3.05) is 12.3 Å². The first-order chi connectivity index (χ1) is 8.13. The Labute approximate surface area is 99.6 Å². The molecular weight excluding hydrogens is 216 g/mol. The zero-order valence-electron chi connectivity index (χ0n) is 10.1. The number of fused-ring (bicyclic) bond motifs is 1. The molecular formula is C12H16N4O. The molecule has 1 fully saturated rings. The average Bonchev–Trinajstić information content (AvgIpc) is 2.80. The first-order valence-electron chi connectivity index (χ1n) is 5.83. The molecule has 2 N–H and O–H groups in total. The predicted molar refractivity (Wildman–Crippen MR) is 65.6 cm³/mol. The largest absolute Gasteiger partial charge is 0.376 e. The summed E-state index contributed by atoms with van der Waals surface area (Å²) in [5, 5.41) is 0. The summed E-state index contributed by atoms with van der Waals surface area (Å²) < 4.78 is 7.76. The highest BCUT2D eigenvalue weighted by molar-refractivity contribution is 5.77. The van der Waals surface area contributed by atoms with Gasteiger partial charge in [-0.05, 0) is 26.3 Å². The second-order valence-corrected chi connectivity index (χ2v) is 4.79. The van der Waals surface area contributed by atoms with Gasteiger partial charge in [0, 0.05) is 12.8 Å². The van der Waals surface area contributed by atoms with E-state index < -0.39 is 0 Å². The minimum Gasteiger partial charge on any atom is -0.376 e. The number of imidazole rings is 1. The number of rotatable bonds is 1. The maximum atomic E-state index is 6.05. The van der Waals surface area contributed by atoms with Crippen molar-refractivity contribution >= 4 is 17.0 Å². The maximum Gasteiger partial charge on any atom is 0.201 e. The summed E-state index contributed by atoms with van der Waals surface area (Å²) in [5.41, 5.74) is 7.79. The SMILES string of the molecule is CC1OCCC1(C)n1c(N)nc2cnccc21. The van der Waals surface area contributed by atoms with Crippen molar-refractivity contribution in [3.63, 3.8) is 0 Å². The van der Waals surface area contributed by atoms with Gasteiger partial charge in [0.1, 0.15) is 5.52 Å². The van der Waals surface area contributed by atoms with E-state index in [-0.39, 0.29) is 11.6 Å². The van der Waals surface area contributed by atoms with Gasteiger partial charge in [-0.25, -0.2) is 4.98 Å². The second kappa shape index (κ2) is 3.43. The van der Waals surface area contributed by atoms with Gasteiger partial charge in [-0.2, -0.15) is 0 Å². The molecule has 0 radical (unpaired) electrons. The molecule has 1 aliphatic heterocycles. The number of nitrogen functional groups attached to an aromatic ring is 1. The van der Waals surface area contributed by atoms with Gasteiger partial charge < -0.3 is 15.0 Å². The molecule has 3 heterocycles. The van der Waals surface area contributed by atoms with Crippen LogP contribution in [-0.2, 0) is 10.3 Å². The van der Waals surface area contributed by atoms with E-state index >= 15 is 0 Å². The first-order valence-corrected chi connectivity index (χ1v) is 5.83. The molecule has 5 nitrogen and oxygen atoms in total. The molecule has 0 amide bonds. The van der Waals surface area contributed by atoms with E-state index in [1.807, 2.05) is 6.07 Å². The monoisotopic (exact) mass is 232 g/mol. The number of nitrogens with zero attached hydrogens (tertiary/aromatic N) is 3. The quantitative estimate of drug-likeness (QED) is 0.810. The van der Waals surface area contributed by atoms with Crippen LogP contribution in [0.5, 0.6) is 0 Å². The van der Waals surface area contributed by atoms with Crippen LogP contribution < -0.4 is 5.73 Å². The van der Waals surface area contributed by atoms with Crippen molar-refractivity contribution in [2.45, 2.75) is 31.9 Å². The van der Waals surface area contributed by atoms with Gasteiger partial charge in [0.2, 0.25) is 5.95 Å². The Hall–Kier alpha value is -1.62. The third kappa shape index (κ3) is 1.35. The van der Waals surface area contributed by atoms with Crippen LogP contribution in [0, 0.1) is 0 Å². The average molecular weight is 232 g/mol. The van der Waals surface area contributed by atoms with Gasteiger partial charge in [0.15, 0.2) is 0 Å². The van der Waals surface area contributed by atoms with E-state index in [4.69, 9.17) is 10.5 Å². The Balaban J connectivity index is 2.26. The van der Waals surface area contributed by atoms with Gasteiger partial charge in [-0.1, -0.05) is 0 Å². The number of aromatic nitrogens is 3. The summed E-state index contributed by atoms with van der Waals surface area (Å²) in [6, 6.07) is 1.95. The van der Waals surface area contributed by atoms with E-state index in [0.29, 0.717) is 5.95 Å². The standard InChI is InChI=1S/C12H16N4O/c1-8-12(2,4-6-17-8)16-10-3-5-14-7-9(10)15-11(16)13/h3,5,7-8H,4,6H2,1-2H3,(H2,13,15). The van der Waals surface area contributed by atoms with Crippen molar-refractivity contribution in [1.29, 1.82) is 0 Å². The Morgan fingerprint density at radius 3 is 3.12 bits per heavy atom. The lowest BCUT2D eigenvalue weighted by molar-refractivity contribution is 0.0783. The van der Waals surface area contributed by atoms with Crippen molar-refractivity contribution in [1.82, 2.24) is 14.5 Å². The van der Waals surface area contributed by atoms with Crippen molar-refractivity contribution in [3.05, 3.63) is 18.5 Å². The van der Waals surface area contributed by atoms with Gasteiger partial charge in [0.05, 0.1) is 23.4 Å². The molecule has 90 valence electrons. The molecule has 0 saturated carbocycles. The Bertz CT molecular complexity index is 565. The summed E-state index contributed by atoms with van der Waals surface area (Å²) in [6.45, 7) is 5.02. The lowest BCUT2D eigenvalue weighted by atomic mass is 9.94. The number of ether oxygens (including phenoxy) is 1. The highest BCUT2D eigenvalue weighted by atomic mass is 16.5. The van der Waals surface area contributed by atoms with E-state index in [2.05, 4.69) is 28.4 Å². The molecule has 2 atom stereocenters. The van der Waals surface area contributed by atoms with Crippen molar-refractivity contribution in [3.8, 4) is 0 Å². The third-order valence-electron chi connectivity index (χ3n) is 3.85. The van der Waals surface area contributed by atoms with Crippen LogP contribution >= 0.6 is 0 Å². The third-order valence-corrected chi connectivity index (χ3v) is 3.85. The van der Waals surface area contributed by atoms with E-state index in [1.54, 1.807) is 12.4 Å². The molecule has 0 bridgehead atoms. The highest BCUT2D eigenvalue weighted by Crippen LogP contribution is 2.37. The molecule has 0 aliphatic carbocycles. The van der Waals surface area contributed by atoms with Crippen LogP contribution in [0.1, 0.15) is 20.3 Å². The normalized spacial score (nSPS) is 28.9. The molecule has 0 spiro atoms. The molecule has 0 aromatic carbocycles. The van der Waals surface area contributed by atoms with Crippen LogP contribution in [0.15, 0.2) is 18.5 Å². The minimum atomic E-state index is -0.125. The number of nitrogens with two attached hydrogens (primary N) is 1. The fraction of sp³-hybridized carbons (Fsp3) is 0.500. The zero-order valence-corrected chi connectivity index (χ0v) is 10.1. The number of hydrogen-bond donors (Lipinski definition) is 1. The van der Waals surface area contributed by atoms with Crippen LogP contribution in [0.4, 0.5) is 5.95 Å². The van der Waals surface area contributed by atoms with Gasteiger partial charge in [-0.15, -0.1) is 0 Å². The summed E-state index contributed by atoms with van der Waals surface area (Å²) >= 11 is 0. The Morgan fingerprint density at radius 1 is 1.59 bits per heavy atom. The lowest BCUT2D eigenvalue weighted by Crippen LogP contribution is -2.37. The molecule has 1 aliphatic rings. The van der Waals surface area contributed by atoms with Crippen LogP contribution in [0.25, 0.3) is 11.0 Å². The molecule has 1 saturated heterocycles. The number of hydrogen-bond acceptors (Lipinski definition) is 4. The van der Waals surface area contributed by atoms with Crippen LogP contribution in [-0.4, -0.2) is 27.2 Å². The Morgan fingerprint density at radius 2 is 2.41 bits per heavy atom.